The maximum Gasteiger partial charge on any atom is 0.393 e. The molecule has 0 N–H and O–H groups in total. The molecule has 0 radical (unpaired) electrons. The summed E-state index contributed by atoms with van der Waals surface area (Å²) in [5.74, 6) is -8.32. The van der Waals surface area contributed by atoms with Gasteiger partial charge in [-0.3, -0.25) is 14.4 Å². The first-order valence-electron chi connectivity index (χ1n) is 7.70. The summed E-state index contributed by atoms with van der Waals surface area (Å²) in [6, 6.07) is 7.34. The summed E-state index contributed by atoms with van der Waals surface area (Å²) in [5, 5.41) is 0. The van der Waals surface area contributed by atoms with Crippen LogP contribution in [-0.4, -0.2) is 37.1 Å². The number of halogens is 3. The van der Waals surface area contributed by atoms with E-state index in [2.05, 4.69) is 9.47 Å². The standard InChI is InChI=1S/C17H19F3O5/c1-3-24-15(22)14(16(23)25-4-2)12(17(18,19)20)10-13(21)11-8-6-5-7-9-11/h5-9,12,14H,3-4,10H2,1-2H3/t12-/m0/s1. The van der Waals surface area contributed by atoms with Crippen molar-refractivity contribution >= 4 is 17.7 Å². The zero-order chi connectivity index (χ0) is 19.0. The minimum absolute atomic E-state index is 0.0585. The molecule has 1 rings (SSSR count). The van der Waals surface area contributed by atoms with Gasteiger partial charge in [0.1, 0.15) is 0 Å². The van der Waals surface area contributed by atoms with Gasteiger partial charge in [0.05, 0.1) is 19.1 Å². The molecule has 0 fully saturated rings. The minimum Gasteiger partial charge on any atom is -0.465 e. The number of ketones is 1. The van der Waals surface area contributed by atoms with E-state index < -0.39 is 42.2 Å². The van der Waals surface area contributed by atoms with Gasteiger partial charge in [0, 0.05) is 12.0 Å². The van der Waals surface area contributed by atoms with Crippen molar-refractivity contribution in [1.29, 1.82) is 0 Å². The number of rotatable bonds is 8. The van der Waals surface area contributed by atoms with Gasteiger partial charge in [0.2, 0.25) is 0 Å². The quantitative estimate of drug-likeness (QED) is 0.405. The van der Waals surface area contributed by atoms with Crippen molar-refractivity contribution in [2.45, 2.75) is 26.4 Å². The van der Waals surface area contributed by atoms with Gasteiger partial charge in [-0.05, 0) is 13.8 Å². The van der Waals surface area contributed by atoms with E-state index in [0.717, 1.165) is 0 Å². The molecular weight excluding hydrogens is 341 g/mol. The number of carbonyl (C=O) groups excluding carboxylic acids is 3. The first-order valence-corrected chi connectivity index (χ1v) is 7.70. The van der Waals surface area contributed by atoms with Gasteiger partial charge in [-0.25, -0.2) is 0 Å². The minimum atomic E-state index is -4.96. The number of hydrogen-bond donors (Lipinski definition) is 0. The molecule has 138 valence electrons. The Kier molecular flexibility index (Phi) is 7.60. The molecule has 0 aliphatic heterocycles. The van der Waals surface area contributed by atoms with E-state index >= 15 is 0 Å². The molecule has 0 heterocycles. The van der Waals surface area contributed by atoms with Crippen LogP contribution in [0, 0.1) is 11.8 Å². The number of alkyl halides is 3. The summed E-state index contributed by atoms with van der Waals surface area (Å²) in [4.78, 5) is 36.0. The van der Waals surface area contributed by atoms with E-state index in [-0.39, 0.29) is 18.8 Å². The van der Waals surface area contributed by atoms with Crippen molar-refractivity contribution < 1.29 is 37.0 Å². The third-order valence-electron chi connectivity index (χ3n) is 3.40. The number of esters is 2. The molecule has 0 amide bonds. The Balaban J connectivity index is 3.17. The molecule has 0 saturated carbocycles. The number of hydrogen-bond acceptors (Lipinski definition) is 5. The number of Topliss-reactive ketones (excluding diaryl/α,β-unsaturated/α-hetero) is 1. The molecule has 0 saturated heterocycles. The molecule has 0 aliphatic carbocycles. The van der Waals surface area contributed by atoms with Crippen LogP contribution < -0.4 is 0 Å². The molecule has 0 spiro atoms. The Bertz CT molecular complexity index is 580. The smallest absolute Gasteiger partial charge is 0.393 e. The van der Waals surface area contributed by atoms with Crippen LogP contribution in [0.2, 0.25) is 0 Å². The van der Waals surface area contributed by atoms with Crippen LogP contribution in [0.1, 0.15) is 30.6 Å². The first-order chi connectivity index (χ1) is 11.7. The Labute approximate surface area is 143 Å². The lowest BCUT2D eigenvalue weighted by Crippen LogP contribution is -2.42. The van der Waals surface area contributed by atoms with Crippen LogP contribution in [0.5, 0.6) is 0 Å². The van der Waals surface area contributed by atoms with E-state index in [1.807, 2.05) is 0 Å². The van der Waals surface area contributed by atoms with Crippen LogP contribution in [0.3, 0.4) is 0 Å². The van der Waals surface area contributed by atoms with Crippen molar-refractivity contribution in [2.75, 3.05) is 13.2 Å². The van der Waals surface area contributed by atoms with E-state index in [0.29, 0.717) is 0 Å². The predicted molar refractivity (Wildman–Crippen MR) is 81.7 cm³/mol. The highest BCUT2D eigenvalue weighted by molar-refractivity contribution is 5.99. The molecule has 25 heavy (non-hydrogen) atoms. The number of carbonyl (C=O) groups is 3. The van der Waals surface area contributed by atoms with Crippen molar-refractivity contribution in [3.63, 3.8) is 0 Å². The van der Waals surface area contributed by atoms with Crippen molar-refractivity contribution in [3.8, 4) is 0 Å². The molecule has 0 bridgehead atoms. The highest BCUT2D eigenvalue weighted by atomic mass is 19.4. The van der Waals surface area contributed by atoms with Crippen LogP contribution in [0.4, 0.5) is 13.2 Å². The molecule has 1 atom stereocenters. The van der Waals surface area contributed by atoms with Crippen LogP contribution in [0.25, 0.3) is 0 Å². The highest BCUT2D eigenvalue weighted by Gasteiger charge is 2.52. The molecule has 1 aromatic carbocycles. The monoisotopic (exact) mass is 360 g/mol. The van der Waals surface area contributed by atoms with Crippen LogP contribution >= 0.6 is 0 Å². The highest BCUT2D eigenvalue weighted by Crippen LogP contribution is 2.37. The Morgan fingerprint density at radius 2 is 1.44 bits per heavy atom. The van der Waals surface area contributed by atoms with Crippen molar-refractivity contribution in [2.24, 2.45) is 11.8 Å². The third kappa shape index (κ3) is 5.88. The summed E-state index contributed by atoms with van der Waals surface area (Å²) in [5.41, 5.74) is 0.0585. The lowest BCUT2D eigenvalue weighted by atomic mass is 9.85. The van der Waals surface area contributed by atoms with Gasteiger partial charge < -0.3 is 9.47 Å². The SMILES string of the molecule is CCOC(=O)C(C(=O)OCC)[C@H](CC(=O)c1ccccc1)C(F)(F)F. The summed E-state index contributed by atoms with van der Waals surface area (Å²) < 4.78 is 49.6. The van der Waals surface area contributed by atoms with E-state index in [1.54, 1.807) is 6.07 Å². The summed E-state index contributed by atoms with van der Waals surface area (Å²) in [6.07, 6.45) is -6.02. The van der Waals surface area contributed by atoms with Gasteiger partial charge in [-0.15, -0.1) is 0 Å². The predicted octanol–water partition coefficient (Wildman–Crippen LogP) is 3.18. The molecule has 0 aromatic heterocycles. The average Bonchev–Trinajstić information content (AvgIpc) is 2.54. The Morgan fingerprint density at radius 3 is 1.84 bits per heavy atom. The Hall–Kier alpha value is -2.38. The fourth-order valence-electron chi connectivity index (χ4n) is 2.25. The van der Waals surface area contributed by atoms with Crippen molar-refractivity contribution in [3.05, 3.63) is 35.9 Å². The largest absolute Gasteiger partial charge is 0.465 e. The molecule has 8 heteroatoms. The second kappa shape index (κ2) is 9.19. The van der Waals surface area contributed by atoms with Gasteiger partial charge in [0.25, 0.3) is 0 Å². The first kappa shape index (κ1) is 20.7. The average molecular weight is 360 g/mol. The van der Waals surface area contributed by atoms with Crippen molar-refractivity contribution in [1.82, 2.24) is 0 Å². The van der Waals surface area contributed by atoms with Gasteiger partial charge in [-0.2, -0.15) is 13.2 Å². The molecule has 5 nitrogen and oxygen atoms in total. The van der Waals surface area contributed by atoms with Crippen LogP contribution in [0.15, 0.2) is 30.3 Å². The molecule has 0 unspecified atom stereocenters. The summed E-state index contributed by atoms with van der Waals surface area (Å²) in [7, 11) is 0. The fraction of sp³-hybridized carbons (Fsp3) is 0.471. The van der Waals surface area contributed by atoms with E-state index in [4.69, 9.17) is 0 Å². The second-order valence-corrected chi connectivity index (χ2v) is 5.12. The van der Waals surface area contributed by atoms with Crippen LogP contribution in [-0.2, 0) is 19.1 Å². The lowest BCUT2D eigenvalue weighted by molar-refractivity contribution is -0.205. The molecular formula is C17H19F3O5. The Morgan fingerprint density at radius 1 is 0.960 bits per heavy atom. The fourth-order valence-corrected chi connectivity index (χ4v) is 2.25. The summed E-state index contributed by atoms with van der Waals surface area (Å²) in [6.45, 7) is 2.40. The second-order valence-electron chi connectivity index (χ2n) is 5.12. The van der Waals surface area contributed by atoms with Gasteiger partial charge in [0.15, 0.2) is 11.7 Å². The van der Waals surface area contributed by atoms with Gasteiger partial charge in [-0.1, -0.05) is 30.3 Å². The zero-order valence-electron chi connectivity index (χ0n) is 13.8. The summed E-state index contributed by atoms with van der Waals surface area (Å²) >= 11 is 0. The zero-order valence-corrected chi connectivity index (χ0v) is 13.8. The number of ether oxygens (including phenoxy) is 2. The molecule has 1 aromatic rings. The maximum absolute atomic E-state index is 13.5. The number of benzene rings is 1. The topological polar surface area (TPSA) is 69.7 Å². The lowest BCUT2D eigenvalue weighted by Gasteiger charge is -2.25. The normalized spacial score (nSPS) is 12.6. The maximum atomic E-state index is 13.5. The third-order valence-corrected chi connectivity index (χ3v) is 3.40. The van der Waals surface area contributed by atoms with E-state index in [9.17, 15) is 27.6 Å². The van der Waals surface area contributed by atoms with E-state index in [1.165, 1.54) is 38.1 Å². The van der Waals surface area contributed by atoms with Gasteiger partial charge >= 0.3 is 18.1 Å². The molecule has 0 aliphatic rings.